The summed E-state index contributed by atoms with van der Waals surface area (Å²) in [4.78, 5) is 29.7. The lowest BCUT2D eigenvalue weighted by Gasteiger charge is -2.20. The van der Waals surface area contributed by atoms with Crippen molar-refractivity contribution >= 4 is 17.4 Å². The van der Waals surface area contributed by atoms with Crippen LogP contribution in [0.2, 0.25) is 0 Å². The molecular formula is C25H18F2N4O4. The highest BCUT2D eigenvalue weighted by atomic mass is 19.1. The fraction of sp³-hybridized carbons (Fsp3) is 0.0800. The van der Waals surface area contributed by atoms with Gasteiger partial charge in [-0.25, -0.2) is 13.8 Å². The molecule has 0 unspecified atom stereocenters. The molecule has 0 fully saturated rings. The number of benzene rings is 2. The van der Waals surface area contributed by atoms with Gasteiger partial charge in [0.15, 0.2) is 23.1 Å². The fourth-order valence-electron chi connectivity index (χ4n) is 3.55. The number of anilines is 2. The highest BCUT2D eigenvalue weighted by molar-refractivity contribution is 6.04. The van der Waals surface area contributed by atoms with Crippen LogP contribution in [-0.4, -0.2) is 28.6 Å². The van der Waals surface area contributed by atoms with Crippen LogP contribution < -0.4 is 25.7 Å². The zero-order valence-electron chi connectivity index (χ0n) is 18.1. The Labute approximate surface area is 197 Å². The molecule has 0 aliphatic carbocycles. The van der Waals surface area contributed by atoms with Crippen LogP contribution in [0.15, 0.2) is 77.9 Å². The number of nitrogens with zero attached hydrogens (tertiary/aromatic N) is 2. The van der Waals surface area contributed by atoms with Crippen molar-refractivity contribution in [2.75, 3.05) is 23.8 Å². The van der Waals surface area contributed by atoms with Crippen molar-refractivity contribution in [3.05, 3.63) is 101 Å². The number of nitrogens with one attached hydrogen (secondary N) is 2. The fourth-order valence-corrected chi connectivity index (χ4v) is 3.55. The van der Waals surface area contributed by atoms with Gasteiger partial charge in [-0.1, -0.05) is 0 Å². The van der Waals surface area contributed by atoms with Gasteiger partial charge in [-0.2, -0.15) is 0 Å². The largest absolute Gasteiger partial charge is 0.485 e. The molecule has 176 valence electrons. The lowest BCUT2D eigenvalue weighted by molar-refractivity contribution is 0.102. The minimum Gasteiger partial charge on any atom is -0.485 e. The van der Waals surface area contributed by atoms with Crippen LogP contribution in [0.5, 0.6) is 17.2 Å². The first-order valence-corrected chi connectivity index (χ1v) is 10.6. The third-order valence-electron chi connectivity index (χ3n) is 5.22. The Bertz CT molecular complexity index is 1470. The van der Waals surface area contributed by atoms with Crippen LogP contribution >= 0.6 is 0 Å². The highest BCUT2D eigenvalue weighted by Gasteiger charge is 2.19. The summed E-state index contributed by atoms with van der Waals surface area (Å²) in [5.41, 5.74) is -0.235. The van der Waals surface area contributed by atoms with Crippen LogP contribution in [0, 0.1) is 11.6 Å². The van der Waals surface area contributed by atoms with E-state index >= 15 is 0 Å². The summed E-state index contributed by atoms with van der Waals surface area (Å²) in [7, 11) is 0. The van der Waals surface area contributed by atoms with Crippen molar-refractivity contribution in [3.8, 4) is 22.9 Å². The first-order chi connectivity index (χ1) is 17.0. The van der Waals surface area contributed by atoms with Gasteiger partial charge >= 0.3 is 0 Å². The molecule has 35 heavy (non-hydrogen) atoms. The van der Waals surface area contributed by atoms with Gasteiger partial charge in [0, 0.05) is 35.9 Å². The number of carbonyl (C=O) groups excluding carboxylic acids is 1. The number of halogens is 2. The summed E-state index contributed by atoms with van der Waals surface area (Å²) in [5, 5.41) is 5.59. The van der Waals surface area contributed by atoms with E-state index in [1.165, 1.54) is 65.5 Å². The van der Waals surface area contributed by atoms with Gasteiger partial charge in [0.2, 0.25) is 5.75 Å². The second kappa shape index (κ2) is 9.26. The molecule has 0 saturated carbocycles. The number of pyridine rings is 2. The SMILES string of the molecule is O=C(Nc1ccc(Oc2ccnc3c2OCCN3)c(F)c1)c1cccn(-c2ccc(F)cc2)c1=O. The molecule has 10 heteroatoms. The van der Waals surface area contributed by atoms with E-state index < -0.39 is 23.1 Å². The molecule has 0 bridgehead atoms. The Kier molecular flexibility index (Phi) is 5.84. The van der Waals surface area contributed by atoms with E-state index in [1.54, 1.807) is 6.07 Å². The molecule has 8 nitrogen and oxygen atoms in total. The molecule has 0 atom stereocenters. The summed E-state index contributed by atoms with van der Waals surface area (Å²) in [5.74, 6) is -0.786. The minimum atomic E-state index is -0.728. The number of ether oxygens (including phenoxy) is 2. The number of amides is 1. The number of hydrogen-bond donors (Lipinski definition) is 2. The molecule has 2 aromatic heterocycles. The number of carbonyl (C=O) groups is 1. The lowest BCUT2D eigenvalue weighted by Crippen LogP contribution is -2.27. The molecule has 0 spiro atoms. The highest BCUT2D eigenvalue weighted by Crippen LogP contribution is 2.38. The molecule has 5 rings (SSSR count). The third kappa shape index (κ3) is 4.54. The lowest BCUT2D eigenvalue weighted by atomic mass is 10.2. The normalized spacial score (nSPS) is 12.2. The number of fused-ring (bicyclic) bond motifs is 1. The van der Waals surface area contributed by atoms with E-state index in [0.29, 0.717) is 36.2 Å². The Morgan fingerprint density at radius 1 is 1.09 bits per heavy atom. The number of rotatable bonds is 5. The quantitative estimate of drug-likeness (QED) is 0.445. The third-order valence-corrected chi connectivity index (χ3v) is 5.22. The smallest absolute Gasteiger partial charge is 0.267 e. The molecule has 1 amide bonds. The van der Waals surface area contributed by atoms with E-state index in [2.05, 4.69) is 15.6 Å². The van der Waals surface area contributed by atoms with E-state index in [1.807, 2.05) is 0 Å². The van der Waals surface area contributed by atoms with Crippen LogP contribution in [0.4, 0.5) is 20.3 Å². The maximum absolute atomic E-state index is 14.8. The van der Waals surface area contributed by atoms with E-state index in [0.717, 1.165) is 6.07 Å². The van der Waals surface area contributed by atoms with Crippen molar-refractivity contribution in [1.29, 1.82) is 0 Å². The molecule has 2 N–H and O–H groups in total. The Hall–Kier alpha value is -4.73. The zero-order valence-corrected chi connectivity index (χ0v) is 18.1. The van der Waals surface area contributed by atoms with Gasteiger partial charge in [-0.3, -0.25) is 14.2 Å². The standard InChI is InChI=1S/C25H18F2N4O4/c26-15-3-6-17(7-4-15)31-12-1-2-18(25(31)33)24(32)30-16-5-8-20(19(27)14-16)35-21-9-10-28-23-22(21)34-13-11-29-23/h1-10,12,14H,11,13H2,(H,28,29)(H,30,32). The van der Waals surface area contributed by atoms with Crippen LogP contribution in [-0.2, 0) is 0 Å². The van der Waals surface area contributed by atoms with Crippen molar-refractivity contribution in [2.45, 2.75) is 0 Å². The van der Waals surface area contributed by atoms with Crippen LogP contribution in [0.25, 0.3) is 5.69 Å². The summed E-state index contributed by atoms with van der Waals surface area (Å²) in [6, 6.07) is 13.6. The van der Waals surface area contributed by atoms with Gasteiger partial charge in [0.25, 0.3) is 11.5 Å². The maximum atomic E-state index is 14.8. The average Bonchev–Trinajstić information content (AvgIpc) is 2.86. The monoisotopic (exact) mass is 476 g/mol. The average molecular weight is 476 g/mol. The van der Waals surface area contributed by atoms with Crippen molar-refractivity contribution < 1.29 is 23.0 Å². The second-order valence-electron chi connectivity index (χ2n) is 7.54. The van der Waals surface area contributed by atoms with Gasteiger partial charge < -0.3 is 20.1 Å². The summed E-state index contributed by atoms with van der Waals surface area (Å²) in [6.07, 6.45) is 2.98. The van der Waals surface area contributed by atoms with Crippen molar-refractivity contribution in [3.63, 3.8) is 0 Å². The van der Waals surface area contributed by atoms with Crippen LogP contribution in [0.3, 0.4) is 0 Å². The molecule has 0 saturated heterocycles. The Balaban J connectivity index is 1.35. The van der Waals surface area contributed by atoms with Gasteiger partial charge in [-0.05, 0) is 48.5 Å². The van der Waals surface area contributed by atoms with Crippen molar-refractivity contribution in [2.24, 2.45) is 0 Å². The number of hydrogen-bond acceptors (Lipinski definition) is 6. The first-order valence-electron chi connectivity index (χ1n) is 10.6. The molecule has 2 aromatic carbocycles. The summed E-state index contributed by atoms with van der Waals surface area (Å²) in [6.45, 7) is 1.02. The van der Waals surface area contributed by atoms with E-state index in [9.17, 15) is 18.4 Å². The topological polar surface area (TPSA) is 94.5 Å². The first kappa shape index (κ1) is 22.1. The molecule has 1 aliphatic rings. The van der Waals surface area contributed by atoms with Gasteiger partial charge in [-0.15, -0.1) is 0 Å². The molecule has 0 radical (unpaired) electrons. The van der Waals surface area contributed by atoms with E-state index in [4.69, 9.17) is 9.47 Å². The molecular weight excluding hydrogens is 458 g/mol. The van der Waals surface area contributed by atoms with Gasteiger partial charge in [0.05, 0.1) is 6.54 Å². The second-order valence-corrected chi connectivity index (χ2v) is 7.54. The predicted octanol–water partition coefficient (Wildman–Crippen LogP) is 4.36. The Morgan fingerprint density at radius 2 is 1.91 bits per heavy atom. The number of aromatic nitrogens is 2. The predicted molar refractivity (Wildman–Crippen MR) is 125 cm³/mol. The van der Waals surface area contributed by atoms with Crippen LogP contribution in [0.1, 0.15) is 10.4 Å². The van der Waals surface area contributed by atoms with Crippen molar-refractivity contribution in [1.82, 2.24) is 9.55 Å². The molecule has 3 heterocycles. The molecule has 4 aromatic rings. The summed E-state index contributed by atoms with van der Waals surface area (Å²) < 4.78 is 40.4. The van der Waals surface area contributed by atoms with Gasteiger partial charge in [0.1, 0.15) is 18.0 Å². The zero-order chi connectivity index (χ0) is 24.4. The molecule has 1 aliphatic heterocycles. The maximum Gasteiger partial charge on any atom is 0.267 e. The summed E-state index contributed by atoms with van der Waals surface area (Å²) >= 11 is 0. The Morgan fingerprint density at radius 3 is 2.71 bits per heavy atom. The minimum absolute atomic E-state index is 0.0797. The van der Waals surface area contributed by atoms with E-state index in [-0.39, 0.29) is 17.0 Å².